The zero-order valence-electron chi connectivity index (χ0n) is 2.88. The van der Waals surface area contributed by atoms with Crippen LogP contribution < -0.4 is 0 Å². The lowest BCUT2D eigenvalue weighted by atomic mass is 10.6. The van der Waals surface area contributed by atoms with Crippen LogP contribution in [0.3, 0.4) is 0 Å². The lowest BCUT2D eigenvalue weighted by Crippen LogP contribution is -1.95. The molecule has 1 unspecified atom stereocenters. The zero-order chi connectivity index (χ0) is 4.99. The van der Waals surface area contributed by atoms with Crippen LogP contribution in [0.25, 0.3) is 0 Å². The van der Waals surface area contributed by atoms with E-state index < -0.39 is 6.16 Å². The second-order valence-electron chi connectivity index (χ2n) is 0.486. The predicted molar refractivity (Wildman–Crippen MR) is 23.0 cm³/mol. The lowest BCUT2D eigenvalue weighted by molar-refractivity contribution is 0.164. The molecule has 0 aliphatic rings. The largest absolute Gasteiger partial charge is 0.513 e. The molecule has 0 rings (SSSR count). The van der Waals surface area contributed by atoms with E-state index >= 15 is 0 Å². The fourth-order valence-electron chi connectivity index (χ4n) is 0.0278. The first kappa shape index (κ1) is 5.76. The van der Waals surface area contributed by atoms with Crippen LogP contribution in [0.5, 0.6) is 0 Å². The Labute approximate surface area is 38.7 Å². The van der Waals surface area contributed by atoms with Crippen molar-refractivity contribution in [2.75, 3.05) is 0 Å². The lowest BCUT2D eigenvalue weighted by Gasteiger charge is -1.90. The number of carbonyl (C=O) groups excluding carboxylic acids is 1. The third kappa shape index (κ3) is 2.03. The molecular weight excluding hydrogens is 102 g/mol. The molecule has 0 spiro atoms. The normalized spacial score (nSPS) is 6.83. The monoisotopic (exact) mass is 104 g/mol. The first-order chi connectivity index (χ1) is 2.81. The smallest absolute Gasteiger partial charge is 0.491 e. The minimum absolute atomic E-state index is 0.917. The van der Waals surface area contributed by atoms with Gasteiger partial charge in [-0.15, -0.1) is 0 Å². The summed E-state index contributed by atoms with van der Waals surface area (Å²) >= 11 is 0. The van der Waals surface area contributed by atoms with Crippen LogP contribution in [-0.4, -0.2) is 14.2 Å². The fraction of sp³-hybridized carbons (Fsp3) is 0. The highest BCUT2D eigenvalue weighted by Gasteiger charge is 1.88. The van der Waals surface area contributed by atoms with Crippen molar-refractivity contribution in [2.24, 2.45) is 0 Å². The third-order valence-corrected chi connectivity index (χ3v) is 0.385. The first-order valence-corrected chi connectivity index (χ1v) is 1.56. The summed E-state index contributed by atoms with van der Waals surface area (Å²) in [6.07, 6.45) is -0.917. The van der Waals surface area contributed by atoms with E-state index in [1.807, 2.05) is 0 Å². The van der Waals surface area contributed by atoms with Gasteiger partial charge in [0.25, 0.3) is 0 Å². The average molecular weight is 104 g/mol. The molecular formula is CH2BO3P. The Morgan fingerprint density at radius 2 is 2.33 bits per heavy atom. The van der Waals surface area contributed by atoms with Crippen LogP contribution >= 0.6 is 9.47 Å². The van der Waals surface area contributed by atoms with Gasteiger partial charge in [-0.05, 0) is 0 Å². The predicted octanol–water partition coefficient (Wildman–Crippen LogP) is 0.0132. The Bertz CT molecular complexity index is 48.8. The van der Waals surface area contributed by atoms with Crippen LogP contribution in [0, 0.1) is 0 Å². The van der Waals surface area contributed by atoms with Crippen LogP contribution in [-0.2, 0) is 9.18 Å². The number of hydrogen-bond acceptors (Lipinski definition) is 3. The minimum Gasteiger partial charge on any atom is -0.513 e. The van der Waals surface area contributed by atoms with Gasteiger partial charge in [0.1, 0.15) is 0 Å². The molecule has 0 aromatic heterocycles. The number of rotatable bonds is 0. The van der Waals surface area contributed by atoms with Gasteiger partial charge in [0.15, 0.2) is 0 Å². The molecule has 0 N–H and O–H groups in total. The molecule has 0 bridgehead atoms. The summed E-state index contributed by atoms with van der Waals surface area (Å²) in [5, 5.41) is 0. The van der Waals surface area contributed by atoms with Gasteiger partial charge in [0.05, 0.1) is 9.47 Å². The molecule has 3 nitrogen and oxygen atoms in total. The molecule has 0 saturated carbocycles. The summed E-state index contributed by atoms with van der Waals surface area (Å²) in [7, 11) is 5.98. The van der Waals surface area contributed by atoms with Crippen molar-refractivity contribution in [2.45, 2.75) is 0 Å². The van der Waals surface area contributed by atoms with Crippen LogP contribution in [0.1, 0.15) is 0 Å². The van der Waals surface area contributed by atoms with E-state index in [2.05, 4.69) is 17.2 Å². The standard InChI is InChI=1S/CH2BO3P/c2-4-1(3)5-6/h6H2. The maximum atomic E-state index is 9.59. The van der Waals surface area contributed by atoms with Gasteiger partial charge in [-0.2, -0.15) is 0 Å². The van der Waals surface area contributed by atoms with Crippen molar-refractivity contribution in [3.63, 3.8) is 0 Å². The Morgan fingerprint density at radius 1 is 1.83 bits per heavy atom. The molecule has 0 fully saturated rings. The second-order valence-corrected chi connectivity index (χ2v) is 0.721. The Morgan fingerprint density at radius 3 is 2.33 bits per heavy atom. The van der Waals surface area contributed by atoms with Crippen molar-refractivity contribution in [3.8, 4) is 0 Å². The van der Waals surface area contributed by atoms with Crippen molar-refractivity contribution in [1.29, 1.82) is 0 Å². The summed E-state index contributed by atoms with van der Waals surface area (Å²) < 4.78 is 7.35. The molecule has 0 aromatic carbocycles. The fourth-order valence-corrected chi connectivity index (χ4v) is 0.0833. The van der Waals surface area contributed by atoms with Crippen LogP contribution in [0.15, 0.2) is 0 Å². The van der Waals surface area contributed by atoms with E-state index in [1.165, 1.54) is 0 Å². The molecule has 0 aliphatic heterocycles. The van der Waals surface area contributed by atoms with E-state index in [0.717, 1.165) is 0 Å². The van der Waals surface area contributed by atoms with Crippen molar-refractivity contribution >= 4 is 23.7 Å². The second kappa shape index (κ2) is 2.97. The Kier molecular flexibility index (Phi) is 2.86. The van der Waals surface area contributed by atoms with Crippen LogP contribution in [0.4, 0.5) is 4.79 Å². The summed E-state index contributed by atoms with van der Waals surface area (Å²) in [6, 6.07) is 0. The SMILES string of the molecule is [B]OC(=O)OP. The van der Waals surface area contributed by atoms with Gasteiger partial charge in [-0.3, -0.25) is 0 Å². The molecule has 0 heterocycles. The zero-order valence-corrected chi connectivity index (χ0v) is 4.03. The maximum absolute atomic E-state index is 9.59. The van der Waals surface area contributed by atoms with Gasteiger partial charge in [-0.1, -0.05) is 0 Å². The quantitative estimate of drug-likeness (QED) is 0.320. The number of carbonyl (C=O) groups is 1. The summed E-state index contributed by atoms with van der Waals surface area (Å²) in [5.41, 5.74) is 0. The topological polar surface area (TPSA) is 35.5 Å². The highest BCUT2D eigenvalue weighted by molar-refractivity contribution is 7.10. The van der Waals surface area contributed by atoms with Crippen molar-refractivity contribution in [1.82, 2.24) is 0 Å². The number of hydrogen-bond donors (Lipinski definition) is 0. The van der Waals surface area contributed by atoms with Crippen molar-refractivity contribution < 1.29 is 14.0 Å². The molecule has 0 amide bonds. The van der Waals surface area contributed by atoms with E-state index in [-0.39, 0.29) is 0 Å². The van der Waals surface area contributed by atoms with Gasteiger partial charge < -0.3 is 9.18 Å². The molecule has 0 saturated heterocycles. The summed E-state index contributed by atoms with van der Waals surface area (Å²) in [4.78, 5) is 9.59. The maximum Gasteiger partial charge on any atom is 0.491 e. The van der Waals surface area contributed by atoms with E-state index in [4.69, 9.17) is 0 Å². The molecule has 1 atom stereocenters. The van der Waals surface area contributed by atoms with Gasteiger partial charge >= 0.3 is 14.2 Å². The molecule has 0 aliphatic carbocycles. The summed E-state index contributed by atoms with van der Waals surface area (Å²) in [5.74, 6) is 0. The molecule has 0 aromatic rings. The molecule has 32 valence electrons. The Hall–Kier alpha value is -0.235. The highest BCUT2D eigenvalue weighted by atomic mass is 31.0. The third-order valence-electron chi connectivity index (χ3n) is 0.192. The average Bonchev–Trinajstić information content (AvgIpc) is 1.65. The van der Waals surface area contributed by atoms with E-state index in [0.29, 0.717) is 0 Å². The summed E-state index contributed by atoms with van der Waals surface area (Å²) in [6.45, 7) is 0. The van der Waals surface area contributed by atoms with E-state index in [9.17, 15) is 4.79 Å². The van der Waals surface area contributed by atoms with Gasteiger partial charge in [-0.25, -0.2) is 4.79 Å². The highest BCUT2D eigenvalue weighted by Crippen LogP contribution is 1.86. The van der Waals surface area contributed by atoms with Gasteiger partial charge in [0.2, 0.25) is 0 Å². The van der Waals surface area contributed by atoms with Crippen LogP contribution in [0.2, 0.25) is 0 Å². The molecule has 6 heavy (non-hydrogen) atoms. The van der Waals surface area contributed by atoms with Gasteiger partial charge in [0, 0.05) is 0 Å². The minimum atomic E-state index is -0.917. The van der Waals surface area contributed by atoms with E-state index in [1.54, 1.807) is 9.47 Å². The van der Waals surface area contributed by atoms with Crippen molar-refractivity contribution in [3.05, 3.63) is 0 Å². The molecule has 5 heteroatoms. The molecule has 2 radical (unpaired) electrons. The first-order valence-electron chi connectivity index (χ1n) is 1.08. The Balaban J connectivity index is 2.99.